The minimum Gasteiger partial charge on any atom is -0.495 e. The molecule has 0 aliphatic carbocycles. The Labute approximate surface area is 186 Å². The van der Waals surface area contributed by atoms with E-state index in [1.165, 1.54) is 0 Å². The molecule has 0 radical (unpaired) electrons. The van der Waals surface area contributed by atoms with E-state index >= 15 is 0 Å². The number of aromatic amines is 1. The van der Waals surface area contributed by atoms with Gasteiger partial charge in [0, 0.05) is 25.2 Å². The van der Waals surface area contributed by atoms with Crippen molar-refractivity contribution < 1.29 is 9.53 Å². The zero-order chi connectivity index (χ0) is 21.9. The van der Waals surface area contributed by atoms with Crippen molar-refractivity contribution in [1.82, 2.24) is 19.9 Å². The Balaban J connectivity index is 1.38. The smallest absolute Gasteiger partial charge is 0.257 e. The number of imidazole rings is 1. The Morgan fingerprint density at radius 3 is 2.84 bits per heavy atom. The number of nitrogens with zero attached hydrogens (tertiary/aromatic N) is 3. The van der Waals surface area contributed by atoms with E-state index in [1.54, 1.807) is 19.4 Å². The van der Waals surface area contributed by atoms with Crippen LogP contribution in [0.2, 0.25) is 0 Å². The standard InChI is InChI=1S/C25H25N5O2/c1-32-22-13-5-4-12-21(22)29-24-18(9-6-14-26-24)25(31)30-15-7-8-17(16-30)23-27-19-10-2-3-11-20(19)28-23/h2-6,9-14,17H,7-8,15-16H2,1H3,(H,26,29)(H,27,28). The van der Waals surface area contributed by atoms with Gasteiger partial charge in [-0.3, -0.25) is 4.79 Å². The summed E-state index contributed by atoms with van der Waals surface area (Å²) in [6, 6.07) is 19.2. The number of carbonyl (C=O) groups excluding carboxylic acids is 1. The van der Waals surface area contributed by atoms with Crippen molar-refractivity contribution >= 4 is 28.4 Å². The van der Waals surface area contributed by atoms with Gasteiger partial charge in [-0.15, -0.1) is 0 Å². The number of aromatic nitrogens is 3. The fraction of sp³-hybridized carbons (Fsp3) is 0.240. The summed E-state index contributed by atoms with van der Waals surface area (Å²) < 4.78 is 5.43. The predicted molar refractivity (Wildman–Crippen MR) is 124 cm³/mol. The van der Waals surface area contributed by atoms with Crippen molar-refractivity contribution in [2.24, 2.45) is 0 Å². The van der Waals surface area contributed by atoms with E-state index in [0.717, 1.165) is 41.9 Å². The first-order valence-corrected chi connectivity index (χ1v) is 10.8. The van der Waals surface area contributed by atoms with Gasteiger partial charge in [0.15, 0.2) is 0 Å². The minimum atomic E-state index is -0.0312. The molecular formula is C25H25N5O2. The van der Waals surface area contributed by atoms with Crippen molar-refractivity contribution in [3.05, 3.63) is 78.2 Å². The van der Waals surface area contributed by atoms with Crippen LogP contribution in [-0.4, -0.2) is 46.0 Å². The Hall–Kier alpha value is -3.87. The molecule has 4 aromatic rings. The lowest BCUT2D eigenvalue weighted by atomic mass is 9.96. The molecule has 162 valence electrons. The monoisotopic (exact) mass is 427 g/mol. The number of anilines is 2. The molecule has 7 nitrogen and oxygen atoms in total. The number of rotatable bonds is 5. The van der Waals surface area contributed by atoms with Crippen LogP contribution in [0.4, 0.5) is 11.5 Å². The number of likely N-dealkylation sites (tertiary alicyclic amines) is 1. The third kappa shape index (κ3) is 3.89. The van der Waals surface area contributed by atoms with Gasteiger partial charge < -0.3 is 19.9 Å². The Morgan fingerprint density at radius 1 is 1.12 bits per heavy atom. The maximum absolute atomic E-state index is 13.5. The van der Waals surface area contributed by atoms with Gasteiger partial charge in [0.2, 0.25) is 0 Å². The summed E-state index contributed by atoms with van der Waals surface area (Å²) in [4.78, 5) is 28.0. The Kier molecular flexibility index (Phi) is 5.46. The van der Waals surface area contributed by atoms with E-state index in [1.807, 2.05) is 59.5 Å². The summed E-state index contributed by atoms with van der Waals surface area (Å²) in [6.45, 7) is 1.35. The summed E-state index contributed by atoms with van der Waals surface area (Å²) in [7, 11) is 1.62. The van der Waals surface area contributed by atoms with Crippen LogP contribution in [0, 0.1) is 0 Å². The van der Waals surface area contributed by atoms with Gasteiger partial charge in [-0.25, -0.2) is 9.97 Å². The number of H-pyrrole nitrogens is 1. The van der Waals surface area contributed by atoms with Gasteiger partial charge in [0.05, 0.1) is 29.4 Å². The van der Waals surface area contributed by atoms with Gasteiger partial charge in [0.25, 0.3) is 5.91 Å². The highest BCUT2D eigenvalue weighted by Gasteiger charge is 2.28. The third-order valence-corrected chi connectivity index (χ3v) is 5.90. The summed E-state index contributed by atoms with van der Waals surface area (Å²) >= 11 is 0. The van der Waals surface area contributed by atoms with E-state index in [9.17, 15) is 4.79 Å². The highest BCUT2D eigenvalue weighted by atomic mass is 16.5. The summed E-state index contributed by atoms with van der Waals surface area (Å²) in [5.41, 5.74) is 3.30. The number of nitrogens with one attached hydrogen (secondary N) is 2. The first kappa shape index (κ1) is 20.1. The van der Waals surface area contributed by atoms with Gasteiger partial charge in [-0.2, -0.15) is 0 Å². The molecule has 0 saturated carbocycles. The number of hydrogen-bond acceptors (Lipinski definition) is 5. The van der Waals surface area contributed by atoms with Crippen LogP contribution < -0.4 is 10.1 Å². The lowest BCUT2D eigenvalue weighted by molar-refractivity contribution is 0.0705. The average molecular weight is 428 g/mol. The molecular weight excluding hydrogens is 402 g/mol. The van der Waals surface area contributed by atoms with Crippen LogP contribution in [0.1, 0.15) is 34.9 Å². The molecule has 7 heteroatoms. The number of hydrogen-bond donors (Lipinski definition) is 2. The van der Waals surface area contributed by atoms with Crippen LogP contribution in [0.15, 0.2) is 66.9 Å². The Morgan fingerprint density at radius 2 is 1.97 bits per heavy atom. The summed E-state index contributed by atoms with van der Waals surface area (Å²) in [5.74, 6) is 2.31. The van der Waals surface area contributed by atoms with Crippen LogP contribution >= 0.6 is 0 Å². The number of ether oxygens (including phenoxy) is 1. The van der Waals surface area contributed by atoms with Gasteiger partial charge in [-0.05, 0) is 49.2 Å². The first-order valence-electron chi connectivity index (χ1n) is 10.8. The van der Waals surface area contributed by atoms with Crippen molar-refractivity contribution in [2.75, 3.05) is 25.5 Å². The van der Waals surface area contributed by atoms with Crippen molar-refractivity contribution in [2.45, 2.75) is 18.8 Å². The molecule has 0 spiro atoms. The first-order chi connectivity index (χ1) is 15.7. The van der Waals surface area contributed by atoms with Crippen LogP contribution in [-0.2, 0) is 0 Å². The number of amides is 1. The molecule has 1 fully saturated rings. The second-order valence-electron chi connectivity index (χ2n) is 7.95. The zero-order valence-corrected chi connectivity index (χ0v) is 17.9. The number of pyridine rings is 1. The Bertz CT molecular complexity index is 1220. The lowest BCUT2D eigenvalue weighted by Crippen LogP contribution is -2.39. The summed E-state index contributed by atoms with van der Waals surface area (Å²) in [5, 5.41) is 3.27. The largest absolute Gasteiger partial charge is 0.495 e. The van der Waals surface area contributed by atoms with E-state index in [4.69, 9.17) is 9.72 Å². The van der Waals surface area contributed by atoms with Gasteiger partial charge >= 0.3 is 0 Å². The molecule has 5 rings (SSSR count). The quantitative estimate of drug-likeness (QED) is 0.481. The number of methoxy groups -OCH3 is 1. The maximum atomic E-state index is 13.5. The fourth-order valence-corrected chi connectivity index (χ4v) is 4.27. The van der Waals surface area contributed by atoms with Crippen molar-refractivity contribution in [1.29, 1.82) is 0 Å². The lowest BCUT2D eigenvalue weighted by Gasteiger charge is -2.32. The molecule has 32 heavy (non-hydrogen) atoms. The van der Waals surface area contributed by atoms with Gasteiger partial charge in [0.1, 0.15) is 17.4 Å². The molecule has 2 N–H and O–H groups in total. The number of fused-ring (bicyclic) bond motifs is 1. The third-order valence-electron chi connectivity index (χ3n) is 5.90. The fourth-order valence-electron chi connectivity index (χ4n) is 4.27. The molecule has 1 amide bonds. The van der Waals surface area contributed by atoms with E-state index in [-0.39, 0.29) is 11.8 Å². The average Bonchev–Trinajstić information content (AvgIpc) is 3.29. The van der Waals surface area contributed by atoms with E-state index in [2.05, 4.69) is 15.3 Å². The van der Waals surface area contributed by atoms with Crippen molar-refractivity contribution in [3.63, 3.8) is 0 Å². The molecule has 3 heterocycles. The van der Waals surface area contributed by atoms with E-state index < -0.39 is 0 Å². The maximum Gasteiger partial charge on any atom is 0.257 e. The second kappa shape index (κ2) is 8.70. The molecule has 1 aliphatic heterocycles. The number of carbonyl (C=O) groups is 1. The number of benzene rings is 2. The molecule has 0 bridgehead atoms. The highest BCUT2D eigenvalue weighted by Crippen LogP contribution is 2.30. The minimum absolute atomic E-state index is 0.0312. The van der Waals surface area contributed by atoms with Crippen LogP contribution in [0.3, 0.4) is 0 Å². The molecule has 1 saturated heterocycles. The normalized spacial score (nSPS) is 16.2. The molecule has 1 atom stereocenters. The highest BCUT2D eigenvalue weighted by molar-refractivity contribution is 5.99. The molecule has 1 unspecified atom stereocenters. The van der Waals surface area contributed by atoms with Crippen LogP contribution in [0.25, 0.3) is 11.0 Å². The SMILES string of the molecule is COc1ccccc1Nc1ncccc1C(=O)N1CCCC(c2nc3ccccc3[nH]2)C1. The summed E-state index contributed by atoms with van der Waals surface area (Å²) in [6.07, 6.45) is 3.62. The molecule has 2 aromatic heterocycles. The van der Waals surface area contributed by atoms with Crippen LogP contribution in [0.5, 0.6) is 5.75 Å². The molecule has 1 aliphatic rings. The topological polar surface area (TPSA) is 83.1 Å². The van der Waals surface area contributed by atoms with Crippen molar-refractivity contribution in [3.8, 4) is 5.75 Å². The van der Waals surface area contributed by atoms with Gasteiger partial charge in [-0.1, -0.05) is 24.3 Å². The van der Waals surface area contributed by atoms with E-state index in [0.29, 0.717) is 23.7 Å². The second-order valence-corrected chi connectivity index (χ2v) is 7.95. The predicted octanol–water partition coefficient (Wildman–Crippen LogP) is 4.73. The number of para-hydroxylation sites is 4. The molecule has 2 aromatic carbocycles. The number of piperidine rings is 1. The zero-order valence-electron chi connectivity index (χ0n) is 17.9.